The second kappa shape index (κ2) is 21.1. The number of para-hydroxylation sites is 3. The molecule has 3 heterocycles. The van der Waals surface area contributed by atoms with Crippen LogP contribution < -0.4 is 14.5 Å². The molecule has 0 aliphatic carbocycles. The van der Waals surface area contributed by atoms with Gasteiger partial charge in [-0.1, -0.05) is 177 Å². The summed E-state index contributed by atoms with van der Waals surface area (Å²) < 4.78 is 24.3. The van der Waals surface area contributed by atoms with Gasteiger partial charge in [0.05, 0.1) is 0 Å². The Hall–Kier alpha value is -8.05. The van der Waals surface area contributed by atoms with Crippen molar-refractivity contribution in [3.8, 4) is 61.8 Å². The number of pyridine rings is 1. The monoisotopic (exact) mass is 1240 g/mol. The minimum atomic E-state index is -0.285. The van der Waals surface area contributed by atoms with Gasteiger partial charge < -0.3 is 19.1 Å². The number of halogens is 1. The van der Waals surface area contributed by atoms with Crippen LogP contribution in [-0.2, 0) is 37.3 Å². The first-order chi connectivity index (χ1) is 38.3. The van der Waals surface area contributed by atoms with Crippen LogP contribution in [0.4, 0.5) is 27.1 Å². The Labute approximate surface area is 492 Å². The molecule has 2 aromatic heterocycles. The van der Waals surface area contributed by atoms with Crippen LogP contribution in [0.1, 0.15) is 90.1 Å². The molecule has 5 nitrogen and oxygen atoms in total. The second-order valence-corrected chi connectivity index (χ2v) is 24.5. The standard InChI is InChI=1S/C74H66FN4O.Pt/c1-47-20-19-21-48(2)70(47)53-38-58(44-60(39-53)80-59-32-33-62-61-24-15-16-25-65(61)79(68(62)45-59)69-43-54(34-35-76-69)72(3,4)5)77-46-78(67-27-18-17-26-66(67)77)71-63(50-28-30-57(75)31-29-50)40-51(49-22-13-12-14-23-49)41-64(71)52-36-55(73(6,7)8)42-56(37-52)74(9,10)11;/h12-43,46H,1-11H3;/q-3;. The molecule has 0 saturated carbocycles. The van der Waals surface area contributed by atoms with E-state index in [0.717, 1.165) is 106 Å². The van der Waals surface area contributed by atoms with Crippen molar-refractivity contribution in [3.63, 3.8) is 0 Å². The van der Waals surface area contributed by atoms with Gasteiger partial charge in [0.15, 0.2) is 0 Å². The summed E-state index contributed by atoms with van der Waals surface area (Å²) in [6, 6.07) is 72.9. The van der Waals surface area contributed by atoms with Gasteiger partial charge in [-0.15, -0.1) is 53.6 Å². The molecular weight excluding hydrogens is 1170 g/mol. The summed E-state index contributed by atoms with van der Waals surface area (Å²) in [5, 5.41) is 2.17. The van der Waals surface area contributed by atoms with Crippen molar-refractivity contribution in [2.24, 2.45) is 0 Å². The Morgan fingerprint density at radius 1 is 0.481 bits per heavy atom. The summed E-state index contributed by atoms with van der Waals surface area (Å²) in [4.78, 5) is 9.49. The number of nitrogens with zero attached hydrogens (tertiary/aromatic N) is 4. The van der Waals surface area contributed by atoms with Crippen LogP contribution in [0.2, 0.25) is 0 Å². The molecule has 0 spiro atoms. The van der Waals surface area contributed by atoms with Gasteiger partial charge in [-0.25, -0.2) is 9.37 Å². The van der Waals surface area contributed by atoms with Gasteiger partial charge in [0.25, 0.3) is 0 Å². The van der Waals surface area contributed by atoms with E-state index >= 15 is 4.39 Å². The van der Waals surface area contributed by atoms with Crippen molar-refractivity contribution in [1.29, 1.82) is 0 Å². The van der Waals surface area contributed by atoms with Crippen molar-refractivity contribution in [2.45, 2.75) is 92.4 Å². The molecule has 9 aromatic carbocycles. The molecular formula is C74H66FN4OPt-3. The van der Waals surface area contributed by atoms with Crippen LogP contribution in [0.5, 0.6) is 11.5 Å². The van der Waals surface area contributed by atoms with E-state index in [1.807, 2.05) is 24.4 Å². The first kappa shape index (κ1) is 54.9. The van der Waals surface area contributed by atoms with Gasteiger partial charge in [0.1, 0.15) is 11.6 Å². The third kappa shape index (κ3) is 10.5. The average molecular weight is 1240 g/mol. The first-order valence-corrected chi connectivity index (χ1v) is 27.7. The van der Waals surface area contributed by atoms with E-state index < -0.39 is 0 Å². The predicted molar refractivity (Wildman–Crippen MR) is 332 cm³/mol. The summed E-state index contributed by atoms with van der Waals surface area (Å²) >= 11 is 0. The maximum absolute atomic E-state index is 15.0. The van der Waals surface area contributed by atoms with Crippen LogP contribution >= 0.6 is 0 Å². The Morgan fingerprint density at radius 3 is 1.77 bits per heavy atom. The quantitative estimate of drug-likeness (QED) is 0.135. The third-order valence-electron chi connectivity index (χ3n) is 15.7. The fourth-order valence-corrected chi connectivity index (χ4v) is 11.3. The molecule has 1 aliphatic rings. The topological polar surface area (TPSA) is 33.5 Å². The van der Waals surface area contributed by atoms with E-state index in [4.69, 9.17) is 9.72 Å². The molecule has 7 heteroatoms. The molecule has 0 radical (unpaired) electrons. The Balaban J connectivity index is 0.00000690. The Bertz CT molecular complexity index is 4120. The summed E-state index contributed by atoms with van der Waals surface area (Å²) in [5.74, 6) is 1.64. The van der Waals surface area contributed by atoms with E-state index in [2.05, 4.69) is 267 Å². The van der Waals surface area contributed by atoms with Crippen LogP contribution in [-0.4, -0.2) is 9.55 Å². The normalized spacial score (nSPS) is 12.7. The number of aryl methyl sites for hydroxylation is 2. The van der Waals surface area contributed by atoms with E-state index in [1.54, 1.807) is 12.1 Å². The molecule has 0 bridgehead atoms. The van der Waals surface area contributed by atoms with Crippen molar-refractivity contribution in [3.05, 3.63) is 247 Å². The smallest absolute Gasteiger partial charge is 0.135 e. The zero-order valence-corrected chi connectivity index (χ0v) is 50.2. The number of ether oxygens (including phenoxy) is 1. The minimum Gasteiger partial charge on any atom is -0.509 e. The number of aromatic nitrogens is 2. The van der Waals surface area contributed by atoms with Crippen LogP contribution in [0.25, 0.3) is 72.1 Å². The van der Waals surface area contributed by atoms with Gasteiger partial charge in [0, 0.05) is 72.5 Å². The Morgan fingerprint density at radius 2 is 1.10 bits per heavy atom. The molecule has 0 N–H and O–H groups in total. The van der Waals surface area contributed by atoms with Gasteiger partial charge >= 0.3 is 0 Å². The molecule has 0 saturated heterocycles. The number of fused-ring (bicyclic) bond motifs is 4. The predicted octanol–water partition coefficient (Wildman–Crippen LogP) is 20.3. The van der Waals surface area contributed by atoms with Crippen molar-refractivity contribution in [1.82, 2.24) is 9.55 Å². The molecule has 0 atom stereocenters. The van der Waals surface area contributed by atoms with E-state index in [0.29, 0.717) is 11.5 Å². The minimum absolute atomic E-state index is 0. The zero-order chi connectivity index (χ0) is 55.8. The number of hydrogen-bond donors (Lipinski definition) is 0. The maximum Gasteiger partial charge on any atom is 0.135 e. The van der Waals surface area contributed by atoms with Crippen molar-refractivity contribution < 1.29 is 30.2 Å². The molecule has 0 amide bonds. The molecule has 0 unspecified atom stereocenters. The summed E-state index contributed by atoms with van der Waals surface area (Å²) in [5.41, 5.74) is 19.6. The van der Waals surface area contributed by atoms with E-state index in [1.165, 1.54) is 16.7 Å². The largest absolute Gasteiger partial charge is 0.509 e. The third-order valence-corrected chi connectivity index (χ3v) is 15.7. The number of anilines is 4. The summed E-state index contributed by atoms with van der Waals surface area (Å²) in [6.45, 7) is 26.9. The molecule has 11 aromatic rings. The fraction of sp³-hybridized carbons (Fsp3) is 0.189. The number of benzene rings is 9. The van der Waals surface area contributed by atoms with E-state index in [9.17, 15) is 0 Å². The van der Waals surface area contributed by atoms with Crippen molar-refractivity contribution >= 4 is 44.6 Å². The molecule has 12 rings (SSSR count). The number of hydrogen-bond acceptors (Lipinski definition) is 4. The number of rotatable bonds is 9. The summed E-state index contributed by atoms with van der Waals surface area (Å²) in [7, 11) is 0. The van der Waals surface area contributed by atoms with Gasteiger partial charge in [-0.05, 0) is 146 Å². The van der Waals surface area contributed by atoms with Gasteiger partial charge in [-0.3, -0.25) is 0 Å². The molecule has 81 heavy (non-hydrogen) atoms. The van der Waals surface area contributed by atoms with Crippen molar-refractivity contribution in [2.75, 3.05) is 9.80 Å². The maximum atomic E-state index is 15.0. The van der Waals surface area contributed by atoms with Gasteiger partial charge in [-0.2, -0.15) is 6.07 Å². The SMILES string of the molecule is Cc1cccc(C)c1-c1cc(Oc2[c-]c3c(cc2)c2ccccc2n3-c2cc(C(C)(C)C)ccn2)[c-]c(N2[CH-]N(c3c(-c4ccc(F)cc4)cc(-c4ccccc4)cc3-c3cc(C(C)(C)C)cc(C(C)(C)C)c3)c3ccccc32)c1.[Pt]. The fourth-order valence-electron chi connectivity index (χ4n) is 11.3. The molecule has 408 valence electrons. The van der Waals surface area contributed by atoms with Gasteiger partial charge in [0.2, 0.25) is 0 Å². The second-order valence-electron chi connectivity index (χ2n) is 24.5. The van der Waals surface area contributed by atoms with E-state index in [-0.39, 0.29) is 43.1 Å². The zero-order valence-electron chi connectivity index (χ0n) is 47.9. The Kier molecular flexibility index (Phi) is 14.3. The van der Waals surface area contributed by atoms with Crippen LogP contribution in [0.15, 0.2) is 194 Å². The first-order valence-electron chi connectivity index (χ1n) is 27.7. The summed E-state index contributed by atoms with van der Waals surface area (Å²) in [6.07, 6.45) is 1.90. The van der Waals surface area contributed by atoms with Crippen LogP contribution in [0, 0.1) is 38.5 Å². The molecule has 0 fully saturated rings. The molecule has 1 aliphatic heterocycles. The average Bonchev–Trinajstić information content (AvgIpc) is 4.14. The van der Waals surface area contributed by atoms with Crippen LogP contribution in [0.3, 0.4) is 0 Å².